The Morgan fingerprint density at radius 3 is 2.79 bits per heavy atom. The van der Waals surface area contributed by atoms with Crippen molar-refractivity contribution in [2.75, 3.05) is 6.54 Å². The van der Waals surface area contributed by atoms with Crippen LogP contribution in [0.1, 0.15) is 12.5 Å². The summed E-state index contributed by atoms with van der Waals surface area (Å²) in [6, 6.07) is 4.52. The van der Waals surface area contributed by atoms with E-state index in [-0.39, 0.29) is 18.0 Å². The van der Waals surface area contributed by atoms with E-state index in [9.17, 15) is 9.50 Å². The second-order valence-corrected chi connectivity index (χ2v) is 3.97. The number of benzene rings is 1. The molecule has 1 aromatic rings. The average molecular weight is 218 g/mol. The molecule has 0 heterocycles. The van der Waals surface area contributed by atoms with Crippen molar-refractivity contribution in [1.29, 1.82) is 0 Å². The van der Waals surface area contributed by atoms with E-state index in [0.717, 1.165) is 0 Å². The van der Waals surface area contributed by atoms with Crippen LogP contribution in [-0.4, -0.2) is 17.3 Å². The highest BCUT2D eigenvalue weighted by atomic mass is 35.5. The van der Waals surface area contributed by atoms with Crippen molar-refractivity contribution in [3.05, 3.63) is 34.6 Å². The molecule has 78 valence electrons. The normalized spacial score (nSPS) is 15.2. The lowest BCUT2D eigenvalue weighted by Crippen LogP contribution is -2.36. The van der Waals surface area contributed by atoms with Gasteiger partial charge in [-0.05, 0) is 18.6 Å². The predicted molar refractivity (Wildman–Crippen MR) is 54.8 cm³/mol. The zero-order valence-corrected chi connectivity index (χ0v) is 8.68. The predicted octanol–water partition coefficient (Wildman–Crippen LogP) is 1.73. The van der Waals surface area contributed by atoms with E-state index in [0.29, 0.717) is 5.56 Å². The summed E-state index contributed by atoms with van der Waals surface area (Å²) in [4.78, 5) is 0. The minimum atomic E-state index is -1.04. The van der Waals surface area contributed by atoms with Crippen molar-refractivity contribution >= 4 is 11.6 Å². The first kappa shape index (κ1) is 11.4. The number of hydrogen-bond acceptors (Lipinski definition) is 2. The number of aliphatic hydroxyl groups is 1. The van der Waals surface area contributed by atoms with Crippen molar-refractivity contribution in [1.82, 2.24) is 0 Å². The van der Waals surface area contributed by atoms with Gasteiger partial charge in [0.25, 0.3) is 0 Å². The smallest absolute Gasteiger partial charge is 0.142 e. The molecule has 0 aliphatic rings. The van der Waals surface area contributed by atoms with Gasteiger partial charge in [-0.25, -0.2) is 4.39 Å². The van der Waals surface area contributed by atoms with Gasteiger partial charge in [-0.15, -0.1) is 0 Å². The molecule has 1 rings (SSSR count). The minimum absolute atomic E-state index is 0.0567. The highest BCUT2D eigenvalue weighted by molar-refractivity contribution is 6.31. The van der Waals surface area contributed by atoms with Gasteiger partial charge in [0.15, 0.2) is 0 Å². The van der Waals surface area contributed by atoms with Crippen molar-refractivity contribution < 1.29 is 9.50 Å². The second kappa shape index (κ2) is 4.26. The third-order valence-electron chi connectivity index (χ3n) is 2.04. The van der Waals surface area contributed by atoms with Gasteiger partial charge in [0.2, 0.25) is 0 Å². The first-order chi connectivity index (χ1) is 6.46. The van der Waals surface area contributed by atoms with Crippen LogP contribution in [0.3, 0.4) is 0 Å². The molecule has 1 unspecified atom stereocenters. The lowest BCUT2D eigenvalue weighted by molar-refractivity contribution is 0.0696. The number of hydrogen-bond donors (Lipinski definition) is 2. The Labute approximate surface area is 87.5 Å². The van der Waals surface area contributed by atoms with Gasteiger partial charge in [-0.3, -0.25) is 0 Å². The van der Waals surface area contributed by atoms with Crippen LogP contribution in [0.4, 0.5) is 4.39 Å². The molecule has 1 atom stereocenters. The molecular weight excluding hydrogens is 205 g/mol. The van der Waals surface area contributed by atoms with Crippen LogP contribution in [0.5, 0.6) is 0 Å². The molecule has 0 bridgehead atoms. The molecule has 0 aliphatic carbocycles. The van der Waals surface area contributed by atoms with Crippen LogP contribution in [0.2, 0.25) is 5.02 Å². The quantitative estimate of drug-likeness (QED) is 0.810. The first-order valence-corrected chi connectivity index (χ1v) is 4.69. The summed E-state index contributed by atoms with van der Waals surface area (Å²) in [6.45, 7) is 1.70. The molecule has 0 radical (unpaired) electrons. The second-order valence-electron chi connectivity index (χ2n) is 3.59. The van der Waals surface area contributed by atoms with Gasteiger partial charge < -0.3 is 10.8 Å². The van der Waals surface area contributed by atoms with Crippen molar-refractivity contribution in [3.63, 3.8) is 0 Å². The zero-order chi connectivity index (χ0) is 10.8. The highest BCUT2D eigenvalue weighted by Crippen LogP contribution is 2.23. The van der Waals surface area contributed by atoms with Crippen molar-refractivity contribution in [3.8, 4) is 0 Å². The molecule has 14 heavy (non-hydrogen) atoms. The topological polar surface area (TPSA) is 46.2 Å². The maximum atomic E-state index is 13.0. The van der Waals surface area contributed by atoms with Crippen LogP contribution in [0.15, 0.2) is 18.2 Å². The summed E-state index contributed by atoms with van der Waals surface area (Å²) in [5, 5.41) is 9.74. The average Bonchev–Trinajstić information content (AvgIpc) is 2.13. The van der Waals surface area contributed by atoms with E-state index in [4.69, 9.17) is 17.3 Å². The van der Waals surface area contributed by atoms with Gasteiger partial charge in [0.1, 0.15) is 5.82 Å². The summed E-state index contributed by atoms with van der Waals surface area (Å²) < 4.78 is 13.0. The van der Waals surface area contributed by atoms with Crippen LogP contribution in [0.25, 0.3) is 0 Å². The fourth-order valence-corrected chi connectivity index (χ4v) is 1.36. The fraction of sp³-hybridized carbons (Fsp3) is 0.400. The molecule has 0 saturated heterocycles. The van der Waals surface area contributed by atoms with Crippen molar-refractivity contribution in [2.45, 2.75) is 18.9 Å². The number of nitrogens with two attached hydrogens (primary N) is 1. The Kier molecular flexibility index (Phi) is 3.48. The summed E-state index contributed by atoms with van der Waals surface area (Å²) in [5.74, 6) is -0.475. The molecular formula is C10H13ClFNO. The Hall–Kier alpha value is -0.640. The highest BCUT2D eigenvalue weighted by Gasteiger charge is 2.20. The molecule has 0 spiro atoms. The Morgan fingerprint density at radius 2 is 2.21 bits per heavy atom. The van der Waals surface area contributed by atoms with Crippen LogP contribution in [-0.2, 0) is 6.42 Å². The molecule has 0 aromatic heterocycles. The molecule has 3 N–H and O–H groups in total. The van der Waals surface area contributed by atoms with Crippen molar-refractivity contribution in [2.24, 2.45) is 5.73 Å². The Bertz CT molecular complexity index is 328. The molecule has 1 aromatic carbocycles. The standard InChI is InChI=1S/C10H13ClFNO/c1-10(14,6-13)5-7-3-2-4-8(12)9(7)11/h2-4,14H,5-6,13H2,1H3. The number of rotatable bonds is 3. The van der Waals surface area contributed by atoms with E-state index < -0.39 is 11.4 Å². The van der Waals surface area contributed by atoms with E-state index >= 15 is 0 Å². The summed E-state index contributed by atoms with van der Waals surface area (Å²) >= 11 is 5.73. The monoisotopic (exact) mass is 217 g/mol. The van der Waals surface area contributed by atoms with E-state index in [1.165, 1.54) is 6.07 Å². The van der Waals surface area contributed by atoms with Gasteiger partial charge in [0.05, 0.1) is 10.6 Å². The first-order valence-electron chi connectivity index (χ1n) is 4.31. The summed E-state index contributed by atoms with van der Waals surface area (Å²) in [6.07, 6.45) is 0.250. The summed E-state index contributed by atoms with van der Waals surface area (Å²) in [7, 11) is 0. The maximum absolute atomic E-state index is 13.0. The molecule has 4 heteroatoms. The largest absolute Gasteiger partial charge is 0.389 e. The zero-order valence-electron chi connectivity index (χ0n) is 7.93. The van der Waals surface area contributed by atoms with Crippen LogP contribution < -0.4 is 5.73 Å². The maximum Gasteiger partial charge on any atom is 0.142 e. The third kappa shape index (κ3) is 2.67. The Balaban J connectivity index is 2.92. The molecule has 0 saturated carbocycles. The molecule has 0 fully saturated rings. The van der Waals surface area contributed by atoms with Gasteiger partial charge in [-0.1, -0.05) is 23.7 Å². The minimum Gasteiger partial charge on any atom is -0.389 e. The van der Waals surface area contributed by atoms with Gasteiger partial charge in [-0.2, -0.15) is 0 Å². The molecule has 2 nitrogen and oxygen atoms in total. The number of halogens is 2. The van der Waals surface area contributed by atoms with Crippen LogP contribution >= 0.6 is 11.6 Å². The lowest BCUT2D eigenvalue weighted by atomic mass is 9.97. The third-order valence-corrected chi connectivity index (χ3v) is 2.47. The van der Waals surface area contributed by atoms with E-state index in [2.05, 4.69) is 0 Å². The van der Waals surface area contributed by atoms with E-state index in [1.54, 1.807) is 19.1 Å². The summed E-state index contributed by atoms with van der Waals surface area (Å²) in [5.41, 5.74) is 4.88. The lowest BCUT2D eigenvalue weighted by Gasteiger charge is -2.21. The molecule has 0 aliphatic heterocycles. The SMILES string of the molecule is CC(O)(CN)Cc1cccc(F)c1Cl. The fourth-order valence-electron chi connectivity index (χ4n) is 1.17. The van der Waals surface area contributed by atoms with Gasteiger partial charge >= 0.3 is 0 Å². The Morgan fingerprint density at radius 1 is 1.57 bits per heavy atom. The van der Waals surface area contributed by atoms with Crippen LogP contribution in [0, 0.1) is 5.82 Å². The van der Waals surface area contributed by atoms with Gasteiger partial charge in [0, 0.05) is 13.0 Å². The molecule has 0 amide bonds. The van der Waals surface area contributed by atoms with E-state index in [1.807, 2.05) is 0 Å².